The molecule has 1 heterocycles. The van der Waals surface area contributed by atoms with E-state index in [1.807, 2.05) is 6.92 Å². The van der Waals surface area contributed by atoms with Crippen molar-refractivity contribution in [3.05, 3.63) is 18.1 Å². The monoisotopic (exact) mass is 208 g/mol. The minimum atomic E-state index is -0.188. The number of aromatic nitrogens is 2. The maximum absolute atomic E-state index is 11.3. The first-order valence-corrected chi connectivity index (χ1v) is 5.12. The molecule has 0 spiro atoms. The second-order valence-corrected chi connectivity index (χ2v) is 3.07. The molecular formula is C10H16N4O. The van der Waals surface area contributed by atoms with Gasteiger partial charge in [0.05, 0.1) is 12.4 Å². The molecule has 15 heavy (non-hydrogen) atoms. The zero-order chi connectivity index (χ0) is 11.1. The maximum atomic E-state index is 11.3. The quantitative estimate of drug-likeness (QED) is 0.759. The van der Waals surface area contributed by atoms with E-state index in [9.17, 15) is 4.79 Å². The van der Waals surface area contributed by atoms with E-state index in [4.69, 9.17) is 0 Å². The number of hydrogen-bond acceptors (Lipinski definition) is 4. The molecular weight excluding hydrogens is 192 g/mol. The van der Waals surface area contributed by atoms with Crippen molar-refractivity contribution in [3.63, 3.8) is 0 Å². The topological polar surface area (TPSA) is 66.9 Å². The summed E-state index contributed by atoms with van der Waals surface area (Å²) in [6, 6.07) is 0. The van der Waals surface area contributed by atoms with E-state index in [2.05, 4.69) is 27.5 Å². The van der Waals surface area contributed by atoms with Crippen molar-refractivity contribution in [3.8, 4) is 0 Å². The Morgan fingerprint density at radius 3 is 2.67 bits per heavy atom. The third-order valence-electron chi connectivity index (χ3n) is 1.78. The molecule has 0 bridgehead atoms. The number of amides is 1. The van der Waals surface area contributed by atoms with Gasteiger partial charge in [0.15, 0.2) is 0 Å². The summed E-state index contributed by atoms with van der Waals surface area (Å²) in [5.41, 5.74) is 0.346. The molecule has 0 aliphatic carbocycles. The fraction of sp³-hybridized carbons (Fsp3) is 0.500. The molecule has 0 atom stereocenters. The highest BCUT2D eigenvalue weighted by Gasteiger charge is 2.05. The standard InChI is InChI=1S/C10H16N4O/c1-3-5-12-9-7-13-8(6-14-9)10(15)11-4-2/h6-7H,3-5H2,1-2H3,(H,11,15)(H,12,14). The van der Waals surface area contributed by atoms with Crippen LogP contribution in [-0.2, 0) is 0 Å². The molecule has 0 unspecified atom stereocenters. The zero-order valence-corrected chi connectivity index (χ0v) is 9.08. The van der Waals surface area contributed by atoms with Crippen molar-refractivity contribution in [1.29, 1.82) is 0 Å². The number of nitrogens with one attached hydrogen (secondary N) is 2. The Bertz CT molecular complexity index is 310. The second kappa shape index (κ2) is 5.95. The van der Waals surface area contributed by atoms with Crippen molar-refractivity contribution in [1.82, 2.24) is 15.3 Å². The third kappa shape index (κ3) is 3.53. The van der Waals surface area contributed by atoms with Crippen molar-refractivity contribution < 1.29 is 4.79 Å². The molecule has 82 valence electrons. The first kappa shape index (κ1) is 11.4. The van der Waals surface area contributed by atoms with Gasteiger partial charge in [-0.25, -0.2) is 9.97 Å². The van der Waals surface area contributed by atoms with E-state index in [1.54, 1.807) is 6.20 Å². The second-order valence-electron chi connectivity index (χ2n) is 3.07. The van der Waals surface area contributed by atoms with Crippen LogP contribution in [0.2, 0.25) is 0 Å². The fourth-order valence-corrected chi connectivity index (χ4v) is 1.04. The van der Waals surface area contributed by atoms with E-state index >= 15 is 0 Å². The molecule has 0 radical (unpaired) electrons. The Morgan fingerprint density at radius 1 is 1.33 bits per heavy atom. The summed E-state index contributed by atoms with van der Waals surface area (Å²) in [5.74, 6) is 0.511. The van der Waals surface area contributed by atoms with E-state index in [-0.39, 0.29) is 5.91 Å². The van der Waals surface area contributed by atoms with Crippen LogP contribution in [0.25, 0.3) is 0 Å². The predicted molar refractivity (Wildman–Crippen MR) is 58.8 cm³/mol. The van der Waals surface area contributed by atoms with Gasteiger partial charge in [-0.05, 0) is 13.3 Å². The molecule has 0 fully saturated rings. The van der Waals surface area contributed by atoms with Gasteiger partial charge in [0.1, 0.15) is 11.5 Å². The van der Waals surface area contributed by atoms with Crippen LogP contribution in [0.1, 0.15) is 30.8 Å². The molecule has 0 saturated heterocycles. The highest BCUT2D eigenvalue weighted by Crippen LogP contribution is 2.00. The van der Waals surface area contributed by atoms with Gasteiger partial charge in [-0.3, -0.25) is 4.79 Å². The van der Waals surface area contributed by atoms with Crippen molar-refractivity contribution in [2.45, 2.75) is 20.3 Å². The molecule has 1 aromatic rings. The summed E-state index contributed by atoms with van der Waals surface area (Å²) < 4.78 is 0. The Morgan fingerprint density at radius 2 is 2.13 bits per heavy atom. The summed E-state index contributed by atoms with van der Waals surface area (Å²) in [5, 5.41) is 5.75. The van der Waals surface area contributed by atoms with Gasteiger partial charge >= 0.3 is 0 Å². The van der Waals surface area contributed by atoms with Crippen LogP contribution in [0.4, 0.5) is 5.82 Å². The van der Waals surface area contributed by atoms with Crippen LogP contribution >= 0.6 is 0 Å². The lowest BCUT2D eigenvalue weighted by atomic mass is 10.4. The van der Waals surface area contributed by atoms with Gasteiger partial charge in [-0.15, -0.1) is 0 Å². The van der Waals surface area contributed by atoms with Gasteiger partial charge in [0.25, 0.3) is 5.91 Å². The number of nitrogens with zero attached hydrogens (tertiary/aromatic N) is 2. The fourth-order valence-electron chi connectivity index (χ4n) is 1.04. The summed E-state index contributed by atoms with van der Waals surface area (Å²) in [7, 11) is 0. The zero-order valence-electron chi connectivity index (χ0n) is 9.08. The van der Waals surface area contributed by atoms with Crippen molar-refractivity contribution in [2.75, 3.05) is 18.4 Å². The average molecular weight is 208 g/mol. The van der Waals surface area contributed by atoms with E-state index in [0.29, 0.717) is 18.1 Å². The van der Waals surface area contributed by atoms with Gasteiger partial charge in [0, 0.05) is 13.1 Å². The van der Waals surface area contributed by atoms with Gasteiger partial charge in [-0.1, -0.05) is 6.92 Å². The summed E-state index contributed by atoms with van der Waals surface area (Å²) >= 11 is 0. The Kier molecular flexibility index (Phi) is 4.53. The number of carbonyl (C=O) groups excluding carboxylic acids is 1. The average Bonchev–Trinajstić information content (AvgIpc) is 2.27. The molecule has 1 aromatic heterocycles. The molecule has 1 amide bonds. The first-order chi connectivity index (χ1) is 7.27. The summed E-state index contributed by atoms with van der Waals surface area (Å²) in [6.45, 7) is 5.39. The smallest absolute Gasteiger partial charge is 0.271 e. The van der Waals surface area contributed by atoms with Crippen molar-refractivity contribution in [2.24, 2.45) is 0 Å². The molecule has 0 aliphatic heterocycles. The molecule has 0 saturated carbocycles. The first-order valence-electron chi connectivity index (χ1n) is 5.12. The number of anilines is 1. The van der Waals surface area contributed by atoms with E-state index in [1.165, 1.54) is 6.20 Å². The molecule has 5 heteroatoms. The largest absolute Gasteiger partial charge is 0.369 e. The van der Waals surface area contributed by atoms with Crippen LogP contribution in [0.3, 0.4) is 0 Å². The lowest BCUT2D eigenvalue weighted by Crippen LogP contribution is -2.23. The number of carbonyl (C=O) groups is 1. The highest BCUT2D eigenvalue weighted by molar-refractivity contribution is 5.91. The molecule has 1 rings (SSSR count). The van der Waals surface area contributed by atoms with Crippen LogP contribution in [-0.4, -0.2) is 29.0 Å². The number of rotatable bonds is 5. The Labute approximate surface area is 89.3 Å². The lowest BCUT2D eigenvalue weighted by Gasteiger charge is -2.04. The summed E-state index contributed by atoms with van der Waals surface area (Å²) in [4.78, 5) is 19.4. The van der Waals surface area contributed by atoms with Crippen LogP contribution in [0.15, 0.2) is 12.4 Å². The van der Waals surface area contributed by atoms with E-state index in [0.717, 1.165) is 13.0 Å². The van der Waals surface area contributed by atoms with Crippen molar-refractivity contribution >= 4 is 11.7 Å². The minimum absolute atomic E-state index is 0.188. The SMILES string of the molecule is CCCNc1cnc(C(=O)NCC)cn1. The minimum Gasteiger partial charge on any atom is -0.369 e. The summed E-state index contributed by atoms with van der Waals surface area (Å²) in [6.07, 6.45) is 4.07. The number of hydrogen-bond donors (Lipinski definition) is 2. The van der Waals surface area contributed by atoms with Crippen LogP contribution in [0, 0.1) is 0 Å². The molecule has 0 aromatic carbocycles. The third-order valence-corrected chi connectivity index (χ3v) is 1.78. The predicted octanol–water partition coefficient (Wildman–Crippen LogP) is 1.05. The molecule has 2 N–H and O–H groups in total. The maximum Gasteiger partial charge on any atom is 0.271 e. The van der Waals surface area contributed by atoms with Gasteiger partial charge in [-0.2, -0.15) is 0 Å². The van der Waals surface area contributed by atoms with Gasteiger partial charge in [0.2, 0.25) is 0 Å². The molecule has 5 nitrogen and oxygen atoms in total. The molecule has 0 aliphatic rings. The highest BCUT2D eigenvalue weighted by atomic mass is 16.1. The van der Waals surface area contributed by atoms with Crippen LogP contribution in [0.5, 0.6) is 0 Å². The van der Waals surface area contributed by atoms with Crippen LogP contribution < -0.4 is 10.6 Å². The van der Waals surface area contributed by atoms with Gasteiger partial charge < -0.3 is 10.6 Å². The normalized spacial score (nSPS) is 9.73. The lowest BCUT2D eigenvalue weighted by molar-refractivity contribution is 0.0950. The Balaban J connectivity index is 2.59. The Hall–Kier alpha value is -1.65. The van der Waals surface area contributed by atoms with E-state index < -0.39 is 0 Å².